The number of rotatable bonds is 5. The fourth-order valence-electron chi connectivity index (χ4n) is 2.85. The molecule has 1 atom stereocenters. The first-order valence-corrected chi connectivity index (χ1v) is 8.84. The molecule has 5 nitrogen and oxygen atoms in total. The van der Waals surface area contributed by atoms with E-state index >= 15 is 0 Å². The molecule has 2 amide bonds. The molecular formula is C22H21FN2O3. The summed E-state index contributed by atoms with van der Waals surface area (Å²) in [7, 11) is 0. The van der Waals surface area contributed by atoms with Crippen LogP contribution in [0.1, 0.15) is 19.4 Å². The Labute approximate surface area is 163 Å². The van der Waals surface area contributed by atoms with E-state index in [9.17, 15) is 14.0 Å². The third-order valence-electron chi connectivity index (χ3n) is 4.16. The molecule has 0 spiro atoms. The summed E-state index contributed by atoms with van der Waals surface area (Å²) in [6, 6.07) is 11.0. The predicted molar refractivity (Wildman–Crippen MR) is 108 cm³/mol. The Morgan fingerprint density at radius 3 is 2.68 bits per heavy atom. The van der Waals surface area contributed by atoms with Crippen molar-refractivity contribution in [3.63, 3.8) is 0 Å². The number of hydrogen-bond donors (Lipinski definition) is 1. The molecule has 6 heteroatoms. The monoisotopic (exact) mass is 380 g/mol. The maximum absolute atomic E-state index is 12.9. The van der Waals surface area contributed by atoms with Gasteiger partial charge in [0.25, 0.3) is 5.91 Å². The summed E-state index contributed by atoms with van der Waals surface area (Å²) in [6.07, 6.45) is 2.38. The number of amides is 2. The van der Waals surface area contributed by atoms with Gasteiger partial charge < -0.3 is 15.0 Å². The van der Waals surface area contributed by atoms with Crippen molar-refractivity contribution in [1.29, 1.82) is 0 Å². The van der Waals surface area contributed by atoms with E-state index in [1.165, 1.54) is 18.2 Å². The molecule has 0 aromatic heterocycles. The second kappa shape index (κ2) is 8.08. The van der Waals surface area contributed by atoms with Crippen LogP contribution in [0.25, 0.3) is 6.08 Å². The standard InChI is InChI=1S/C22H21FN2O3/c1-14(2)13-25-19-12-18(9-10-20(19)28-15(3)22(25)27)24-21(26)11-6-16-4-7-17(23)8-5-16/h4-12,15H,1,13H2,2-3H3,(H,24,26)/b11-6+. The van der Waals surface area contributed by atoms with Gasteiger partial charge in [0, 0.05) is 18.3 Å². The Balaban J connectivity index is 1.77. The van der Waals surface area contributed by atoms with E-state index in [1.54, 1.807) is 48.2 Å². The molecule has 0 radical (unpaired) electrons. The summed E-state index contributed by atoms with van der Waals surface area (Å²) < 4.78 is 18.6. The van der Waals surface area contributed by atoms with Crippen molar-refractivity contribution in [3.05, 3.63) is 72.1 Å². The molecule has 28 heavy (non-hydrogen) atoms. The van der Waals surface area contributed by atoms with Gasteiger partial charge in [-0.1, -0.05) is 24.3 Å². The van der Waals surface area contributed by atoms with Crippen LogP contribution in [0.3, 0.4) is 0 Å². The van der Waals surface area contributed by atoms with Gasteiger partial charge in [-0.15, -0.1) is 0 Å². The van der Waals surface area contributed by atoms with Crippen molar-refractivity contribution < 1.29 is 18.7 Å². The third-order valence-corrected chi connectivity index (χ3v) is 4.16. The van der Waals surface area contributed by atoms with E-state index in [-0.39, 0.29) is 17.6 Å². The third kappa shape index (κ3) is 4.46. The van der Waals surface area contributed by atoms with Crippen LogP contribution >= 0.6 is 0 Å². The van der Waals surface area contributed by atoms with Crippen LogP contribution in [0.2, 0.25) is 0 Å². The fraction of sp³-hybridized carbons (Fsp3) is 0.182. The highest BCUT2D eigenvalue weighted by atomic mass is 19.1. The summed E-state index contributed by atoms with van der Waals surface area (Å²) in [5, 5.41) is 2.76. The molecular weight excluding hydrogens is 359 g/mol. The van der Waals surface area contributed by atoms with Crippen LogP contribution in [-0.4, -0.2) is 24.5 Å². The lowest BCUT2D eigenvalue weighted by Crippen LogP contribution is -2.45. The van der Waals surface area contributed by atoms with Crippen molar-refractivity contribution in [2.45, 2.75) is 20.0 Å². The number of hydrogen-bond acceptors (Lipinski definition) is 3. The first kappa shape index (κ1) is 19.4. The van der Waals surface area contributed by atoms with Crippen LogP contribution in [0, 0.1) is 5.82 Å². The minimum Gasteiger partial charge on any atom is -0.479 e. The maximum Gasteiger partial charge on any atom is 0.268 e. The number of nitrogens with zero attached hydrogens (tertiary/aromatic N) is 1. The van der Waals surface area contributed by atoms with E-state index < -0.39 is 6.10 Å². The minimum absolute atomic E-state index is 0.157. The van der Waals surface area contributed by atoms with Crippen LogP contribution in [0.5, 0.6) is 5.75 Å². The molecule has 2 aromatic carbocycles. The smallest absolute Gasteiger partial charge is 0.268 e. The number of fused-ring (bicyclic) bond motifs is 1. The normalized spacial score (nSPS) is 15.9. The Hall–Kier alpha value is -3.41. The van der Waals surface area contributed by atoms with Gasteiger partial charge in [-0.3, -0.25) is 9.59 Å². The van der Waals surface area contributed by atoms with Gasteiger partial charge in [0.2, 0.25) is 5.91 Å². The topological polar surface area (TPSA) is 58.6 Å². The molecule has 0 aliphatic carbocycles. The fourth-order valence-corrected chi connectivity index (χ4v) is 2.85. The lowest BCUT2D eigenvalue weighted by molar-refractivity contribution is -0.125. The molecule has 1 N–H and O–H groups in total. The second-order valence-corrected chi connectivity index (χ2v) is 6.70. The molecule has 1 unspecified atom stereocenters. The molecule has 144 valence electrons. The largest absolute Gasteiger partial charge is 0.479 e. The van der Waals surface area contributed by atoms with Crippen molar-refractivity contribution >= 4 is 29.3 Å². The first-order valence-electron chi connectivity index (χ1n) is 8.84. The van der Waals surface area contributed by atoms with Gasteiger partial charge in [-0.2, -0.15) is 0 Å². The Bertz CT molecular complexity index is 951. The van der Waals surface area contributed by atoms with E-state index in [1.807, 2.05) is 6.92 Å². The lowest BCUT2D eigenvalue weighted by Gasteiger charge is -2.33. The number of benzene rings is 2. The molecule has 1 heterocycles. The SMILES string of the molecule is C=C(C)CN1C(=O)C(C)Oc2ccc(NC(=O)/C=C/c3ccc(F)cc3)cc21. The minimum atomic E-state index is -0.578. The zero-order valence-corrected chi connectivity index (χ0v) is 15.7. The first-order chi connectivity index (χ1) is 13.3. The molecule has 0 bridgehead atoms. The van der Waals surface area contributed by atoms with Gasteiger partial charge in [-0.05, 0) is 55.8 Å². The van der Waals surface area contributed by atoms with Crippen LogP contribution in [0.4, 0.5) is 15.8 Å². The lowest BCUT2D eigenvalue weighted by atomic mass is 10.1. The van der Waals surface area contributed by atoms with Crippen molar-refractivity contribution in [1.82, 2.24) is 0 Å². The Kier molecular flexibility index (Phi) is 5.59. The van der Waals surface area contributed by atoms with Gasteiger partial charge >= 0.3 is 0 Å². The zero-order chi connectivity index (χ0) is 20.3. The highest BCUT2D eigenvalue weighted by Crippen LogP contribution is 2.36. The highest BCUT2D eigenvalue weighted by molar-refractivity contribution is 6.04. The summed E-state index contributed by atoms with van der Waals surface area (Å²) in [5.74, 6) is -0.253. The van der Waals surface area contributed by atoms with Gasteiger partial charge in [0.05, 0.1) is 5.69 Å². The number of anilines is 2. The van der Waals surface area contributed by atoms with Gasteiger partial charge in [0.1, 0.15) is 11.6 Å². The molecule has 3 rings (SSSR count). The average Bonchev–Trinajstić information content (AvgIpc) is 2.65. The molecule has 1 aliphatic heterocycles. The van der Waals surface area contributed by atoms with Crippen molar-refractivity contribution in [2.75, 3.05) is 16.8 Å². The number of carbonyl (C=O) groups excluding carboxylic acids is 2. The average molecular weight is 380 g/mol. The van der Waals surface area contributed by atoms with Crippen LogP contribution < -0.4 is 15.0 Å². The number of halogens is 1. The van der Waals surface area contributed by atoms with E-state index in [2.05, 4.69) is 11.9 Å². The molecule has 0 fully saturated rings. The summed E-state index contributed by atoms with van der Waals surface area (Å²) >= 11 is 0. The van der Waals surface area contributed by atoms with Crippen molar-refractivity contribution in [3.8, 4) is 5.75 Å². The maximum atomic E-state index is 12.9. The summed E-state index contributed by atoms with van der Waals surface area (Å²) in [6.45, 7) is 7.80. The quantitative estimate of drug-likeness (QED) is 0.626. The number of carbonyl (C=O) groups is 2. The number of ether oxygens (including phenoxy) is 1. The Morgan fingerprint density at radius 2 is 2.00 bits per heavy atom. The zero-order valence-electron chi connectivity index (χ0n) is 15.7. The summed E-state index contributed by atoms with van der Waals surface area (Å²) in [4.78, 5) is 26.3. The van der Waals surface area contributed by atoms with E-state index in [0.29, 0.717) is 29.2 Å². The van der Waals surface area contributed by atoms with E-state index in [0.717, 1.165) is 5.57 Å². The van der Waals surface area contributed by atoms with Gasteiger partial charge in [0.15, 0.2) is 6.10 Å². The van der Waals surface area contributed by atoms with Crippen LogP contribution in [-0.2, 0) is 9.59 Å². The number of nitrogens with one attached hydrogen (secondary N) is 1. The second-order valence-electron chi connectivity index (χ2n) is 6.70. The molecule has 2 aromatic rings. The summed E-state index contributed by atoms with van der Waals surface area (Å²) in [5.41, 5.74) is 2.67. The molecule has 0 saturated heterocycles. The van der Waals surface area contributed by atoms with E-state index in [4.69, 9.17) is 4.74 Å². The molecule has 0 saturated carbocycles. The molecule has 1 aliphatic rings. The van der Waals surface area contributed by atoms with Gasteiger partial charge in [-0.25, -0.2) is 4.39 Å². The Morgan fingerprint density at radius 1 is 1.29 bits per heavy atom. The highest BCUT2D eigenvalue weighted by Gasteiger charge is 2.31. The van der Waals surface area contributed by atoms with Crippen LogP contribution in [0.15, 0.2) is 60.7 Å². The van der Waals surface area contributed by atoms with Crippen molar-refractivity contribution in [2.24, 2.45) is 0 Å². The predicted octanol–water partition coefficient (Wildman–Crippen LogP) is 4.17.